The van der Waals surface area contributed by atoms with Gasteiger partial charge in [0.25, 0.3) is 0 Å². The molecule has 0 bridgehead atoms. The second-order valence-electron chi connectivity index (χ2n) is 11.6. The van der Waals surface area contributed by atoms with Crippen molar-refractivity contribution in [3.8, 4) is 0 Å². The predicted molar refractivity (Wildman–Crippen MR) is 145 cm³/mol. The van der Waals surface area contributed by atoms with E-state index < -0.39 is 23.5 Å². The van der Waals surface area contributed by atoms with Crippen molar-refractivity contribution in [3.63, 3.8) is 0 Å². The number of hydrogen-bond donors (Lipinski definition) is 5. The molecule has 0 fully saturated rings. The van der Waals surface area contributed by atoms with E-state index in [-0.39, 0.29) is 42.4 Å². The topological polar surface area (TPSA) is 152 Å². The molecule has 0 aliphatic heterocycles. The zero-order valence-electron chi connectivity index (χ0n) is 23.5. The van der Waals surface area contributed by atoms with Crippen molar-refractivity contribution < 1.29 is 23.9 Å². The highest BCUT2D eigenvalue weighted by Crippen LogP contribution is 2.18. The predicted octanol–water partition coefficient (Wildman–Crippen LogP) is 3.06. The molecule has 1 aromatic rings. The molecule has 0 spiro atoms. The van der Waals surface area contributed by atoms with Crippen LogP contribution in [0.1, 0.15) is 73.8 Å². The largest absolute Gasteiger partial charge is 0.460 e. The lowest BCUT2D eigenvalue weighted by Crippen LogP contribution is -2.57. The van der Waals surface area contributed by atoms with Gasteiger partial charge in [0.1, 0.15) is 12.6 Å². The number of carbonyl (C=O) groups is 4. The average molecular weight is 520 g/mol. The molecular formula is C27H45N5O5. The zero-order chi connectivity index (χ0) is 28.4. The summed E-state index contributed by atoms with van der Waals surface area (Å²) in [6.45, 7) is 15.6. The van der Waals surface area contributed by atoms with Gasteiger partial charge in [0.05, 0.1) is 11.5 Å². The van der Waals surface area contributed by atoms with Crippen molar-refractivity contribution in [2.24, 2.45) is 17.1 Å². The molecule has 0 radical (unpaired) electrons. The summed E-state index contributed by atoms with van der Waals surface area (Å²) in [5, 5.41) is 11.5. The Morgan fingerprint density at radius 1 is 0.946 bits per heavy atom. The van der Waals surface area contributed by atoms with E-state index in [0.29, 0.717) is 18.5 Å². The Hall–Kier alpha value is -3.14. The van der Waals surface area contributed by atoms with E-state index in [1.54, 1.807) is 45.0 Å². The Morgan fingerprint density at radius 3 is 2.03 bits per heavy atom. The van der Waals surface area contributed by atoms with Crippen molar-refractivity contribution in [1.82, 2.24) is 16.0 Å². The molecule has 10 heteroatoms. The van der Waals surface area contributed by atoms with Crippen LogP contribution in [-0.2, 0) is 25.7 Å². The molecule has 0 aliphatic carbocycles. The van der Waals surface area contributed by atoms with Gasteiger partial charge in [-0.25, -0.2) is 4.79 Å². The number of ether oxygens (including phenoxy) is 1. The molecule has 0 saturated carbocycles. The molecule has 0 saturated heterocycles. The van der Waals surface area contributed by atoms with E-state index in [1.807, 2.05) is 34.6 Å². The first-order chi connectivity index (χ1) is 17.0. The maximum absolute atomic E-state index is 13.1. The Bertz CT molecular complexity index is 917. The van der Waals surface area contributed by atoms with Crippen LogP contribution in [0.4, 0.5) is 10.5 Å². The Balaban J connectivity index is 2.90. The number of benzene rings is 1. The number of esters is 1. The summed E-state index contributed by atoms with van der Waals surface area (Å²) in [6.07, 6.45) is 0.747. The molecule has 0 heterocycles. The second kappa shape index (κ2) is 14.0. The normalized spacial score (nSPS) is 13.4. The number of nitrogens with two attached hydrogens (primary N) is 1. The van der Waals surface area contributed by atoms with Crippen LogP contribution in [0.25, 0.3) is 0 Å². The van der Waals surface area contributed by atoms with Crippen LogP contribution in [0.3, 0.4) is 0 Å². The van der Waals surface area contributed by atoms with Gasteiger partial charge in [-0.15, -0.1) is 0 Å². The van der Waals surface area contributed by atoms with E-state index in [9.17, 15) is 19.2 Å². The van der Waals surface area contributed by atoms with Gasteiger partial charge >= 0.3 is 12.0 Å². The third kappa shape index (κ3) is 12.6. The van der Waals surface area contributed by atoms with Crippen molar-refractivity contribution in [2.45, 2.75) is 92.5 Å². The molecule has 4 amide bonds. The quantitative estimate of drug-likeness (QED) is 0.211. The number of amides is 4. The summed E-state index contributed by atoms with van der Waals surface area (Å²) in [7, 11) is 0. The van der Waals surface area contributed by atoms with E-state index in [2.05, 4.69) is 21.3 Å². The van der Waals surface area contributed by atoms with Gasteiger partial charge < -0.3 is 31.7 Å². The minimum absolute atomic E-state index is 0.000562. The summed E-state index contributed by atoms with van der Waals surface area (Å²) in [6, 6.07) is 4.99. The monoisotopic (exact) mass is 519 g/mol. The summed E-state index contributed by atoms with van der Waals surface area (Å²) >= 11 is 0. The molecule has 0 aromatic heterocycles. The van der Waals surface area contributed by atoms with E-state index in [0.717, 1.165) is 5.56 Å². The summed E-state index contributed by atoms with van der Waals surface area (Å²) < 4.78 is 5.32. The molecule has 10 nitrogen and oxygen atoms in total. The van der Waals surface area contributed by atoms with Crippen molar-refractivity contribution in [3.05, 3.63) is 29.8 Å². The highest BCUT2D eigenvalue weighted by molar-refractivity contribution is 5.97. The van der Waals surface area contributed by atoms with Crippen LogP contribution in [0.15, 0.2) is 24.3 Å². The third-order valence-electron chi connectivity index (χ3n) is 5.34. The van der Waals surface area contributed by atoms with Crippen molar-refractivity contribution in [2.75, 3.05) is 11.9 Å². The number of anilines is 1. The Morgan fingerprint density at radius 2 is 1.54 bits per heavy atom. The van der Waals surface area contributed by atoms with Gasteiger partial charge in [0.2, 0.25) is 11.8 Å². The van der Waals surface area contributed by atoms with Gasteiger partial charge in [-0.1, -0.05) is 26.0 Å². The lowest BCUT2D eigenvalue weighted by Gasteiger charge is -2.31. The molecule has 0 aliphatic rings. The van der Waals surface area contributed by atoms with Gasteiger partial charge in [-0.3, -0.25) is 14.4 Å². The molecule has 208 valence electrons. The van der Waals surface area contributed by atoms with Crippen LogP contribution in [0.2, 0.25) is 0 Å². The summed E-state index contributed by atoms with van der Waals surface area (Å²) in [5.41, 5.74) is 5.56. The van der Waals surface area contributed by atoms with Gasteiger partial charge in [-0.2, -0.15) is 0 Å². The first-order valence-corrected chi connectivity index (χ1v) is 12.7. The molecule has 1 rings (SSSR count). The fourth-order valence-corrected chi connectivity index (χ4v) is 3.33. The summed E-state index contributed by atoms with van der Waals surface area (Å²) in [4.78, 5) is 49.2. The molecule has 2 atom stereocenters. The van der Waals surface area contributed by atoms with Crippen LogP contribution >= 0.6 is 0 Å². The first-order valence-electron chi connectivity index (χ1n) is 12.7. The van der Waals surface area contributed by atoms with Crippen molar-refractivity contribution >= 4 is 29.5 Å². The Kier molecular flexibility index (Phi) is 12.0. The minimum Gasteiger partial charge on any atom is -0.460 e. The molecule has 6 N–H and O–H groups in total. The van der Waals surface area contributed by atoms with E-state index in [1.165, 1.54) is 0 Å². The maximum Gasteiger partial charge on any atom is 0.312 e. The number of rotatable bonds is 12. The fourth-order valence-electron chi connectivity index (χ4n) is 3.33. The molecule has 37 heavy (non-hydrogen) atoms. The van der Waals surface area contributed by atoms with Crippen molar-refractivity contribution in [1.29, 1.82) is 0 Å². The fraction of sp³-hybridized carbons (Fsp3) is 0.630. The minimum atomic E-state index is -0.822. The van der Waals surface area contributed by atoms with Gasteiger partial charge in [0, 0.05) is 17.8 Å². The first kappa shape index (κ1) is 31.9. The zero-order valence-corrected chi connectivity index (χ0v) is 23.5. The highest BCUT2D eigenvalue weighted by Gasteiger charge is 2.30. The number of nitrogens with one attached hydrogen (secondary N) is 4. The lowest BCUT2D eigenvalue weighted by molar-refractivity contribution is -0.154. The standard InChI is InChI=1S/C27H45N5O5/c1-17(2)21(32-27(6,7)8)23(34)31-20(10-9-15-29-25(28)36)22(33)30-19-13-11-18(12-14-19)16-37-24(35)26(3,4)5/h11-14,17,20-21,32H,9-10,15-16H2,1-8H3,(H,30,33)(H,31,34)(H3,28,29,36)/t20?,21-/m0/s1. The van der Waals surface area contributed by atoms with Crippen LogP contribution in [0, 0.1) is 11.3 Å². The van der Waals surface area contributed by atoms with Gasteiger partial charge in [0.15, 0.2) is 0 Å². The Labute approximate surface area is 220 Å². The number of hydrogen-bond acceptors (Lipinski definition) is 6. The lowest BCUT2D eigenvalue weighted by atomic mass is 9.97. The SMILES string of the molecule is CC(C)[C@H](NC(C)(C)C)C(=O)NC(CCCNC(N)=O)C(=O)Nc1ccc(COC(=O)C(C)(C)C)cc1. The van der Waals surface area contributed by atoms with E-state index >= 15 is 0 Å². The third-order valence-corrected chi connectivity index (χ3v) is 5.34. The molecule has 1 aromatic carbocycles. The molecule has 1 unspecified atom stereocenters. The number of carbonyl (C=O) groups excluding carboxylic acids is 4. The summed E-state index contributed by atoms with van der Waals surface area (Å²) in [5.74, 6) is -0.948. The molecular weight excluding hydrogens is 474 g/mol. The highest BCUT2D eigenvalue weighted by atomic mass is 16.5. The maximum atomic E-state index is 13.1. The number of primary amides is 1. The number of urea groups is 1. The average Bonchev–Trinajstić information content (AvgIpc) is 2.77. The smallest absolute Gasteiger partial charge is 0.312 e. The second-order valence-corrected chi connectivity index (χ2v) is 11.6. The van der Waals surface area contributed by atoms with E-state index in [4.69, 9.17) is 10.5 Å². The van der Waals surface area contributed by atoms with Crippen LogP contribution < -0.4 is 27.0 Å². The van der Waals surface area contributed by atoms with Gasteiger partial charge in [-0.05, 0) is 78.0 Å². The van der Waals surface area contributed by atoms with Crippen LogP contribution in [0.5, 0.6) is 0 Å². The van der Waals surface area contributed by atoms with Crippen LogP contribution in [-0.4, -0.2) is 48.0 Å².